The number of halogens is 1. The minimum absolute atomic E-state index is 0.0595. The Morgan fingerprint density at radius 3 is 2.70 bits per heavy atom. The zero-order valence-electron chi connectivity index (χ0n) is 15.5. The van der Waals surface area contributed by atoms with Crippen molar-refractivity contribution in [1.82, 2.24) is 20.4 Å². The predicted octanol–water partition coefficient (Wildman–Crippen LogP) is 1.54. The summed E-state index contributed by atoms with van der Waals surface area (Å²) in [6, 6.07) is 4.98. The maximum Gasteiger partial charge on any atom is 0.248 e. The van der Waals surface area contributed by atoms with Crippen LogP contribution in [-0.2, 0) is 16.0 Å². The van der Waals surface area contributed by atoms with Crippen LogP contribution in [-0.4, -0.2) is 52.6 Å². The Kier molecular flexibility index (Phi) is 5.85. The van der Waals surface area contributed by atoms with E-state index < -0.39 is 6.04 Å². The molecule has 1 aliphatic rings. The summed E-state index contributed by atoms with van der Waals surface area (Å²) in [5.74, 6) is -0.706. The van der Waals surface area contributed by atoms with Gasteiger partial charge < -0.3 is 15.5 Å². The fourth-order valence-electron chi connectivity index (χ4n) is 3.31. The summed E-state index contributed by atoms with van der Waals surface area (Å²) in [5, 5.41) is 13.0. The summed E-state index contributed by atoms with van der Waals surface area (Å²) in [6.45, 7) is 5.36. The molecule has 8 heteroatoms. The highest BCUT2D eigenvalue weighted by atomic mass is 19.1. The van der Waals surface area contributed by atoms with Crippen LogP contribution in [0.4, 0.5) is 10.1 Å². The minimum atomic E-state index is -0.595. The number of benzene rings is 1. The van der Waals surface area contributed by atoms with Gasteiger partial charge >= 0.3 is 0 Å². The summed E-state index contributed by atoms with van der Waals surface area (Å²) in [7, 11) is 0. The van der Waals surface area contributed by atoms with E-state index >= 15 is 0 Å². The number of amides is 2. The monoisotopic (exact) mass is 373 g/mol. The molecule has 1 aromatic heterocycles. The van der Waals surface area contributed by atoms with Crippen molar-refractivity contribution < 1.29 is 14.0 Å². The second-order valence-corrected chi connectivity index (χ2v) is 6.72. The molecule has 1 fully saturated rings. The third-order valence-electron chi connectivity index (χ3n) is 4.85. The molecule has 2 aromatic rings. The molecule has 0 bridgehead atoms. The Balaban J connectivity index is 1.64. The van der Waals surface area contributed by atoms with Gasteiger partial charge in [0.2, 0.25) is 11.8 Å². The Labute approximate surface area is 157 Å². The fourth-order valence-corrected chi connectivity index (χ4v) is 3.31. The highest BCUT2D eigenvalue weighted by molar-refractivity contribution is 5.97. The van der Waals surface area contributed by atoms with Gasteiger partial charge in [-0.25, -0.2) is 4.39 Å². The minimum Gasteiger partial charge on any atom is -0.328 e. The molecule has 2 heterocycles. The molecule has 7 nitrogen and oxygen atoms in total. The molecule has 1 aliphatic heterocycles. The number of rotatable bonds is 5. The van der Waals surface area contributed by atoms with Gasteiger partial charge in [0, 0.05) is 37.4 Å². The van der Waals surface area contributed by atoms with Crippen LogP contribution < -0.4 is 10.6 Å². The van der Waals surface area contributed by atoms with Crippen LogP contribution in [0.5, 0.6) is 0 Å². The second-order valence-electron chi connectivity index (χ2n) is 6.72. The molecule has 0 spiro atoms. The standard InChI is InChI=1S/C19H24FN5O2/c1-12-16(13(2)24-23-12)7-8-18(26)25-10-9-21-11-17(25)19(27)22-15-5-3-14(20)4-6-15/h3-6,17,21H,7-11H2,1-2H3,(H,22,27)(H,23,24)/t17-/m0/s1. The van der Waals surface area contributed by atoms with E-state index in [4.69, 9.17) is 0 Å². The molecule has 0 aliphatic carbocycles. The van der Waals surface area contributed by atoms with Crippen molar-refractivity contribution in [1.29, 1.82) is 0 Å². The van der Waals surface area contributed by atoms with Crippen molar-refractivity contribution in [2.45, 2.75) is 32.7 Å². The molecule has 1 saturated heterocycles. The normalized spacial score (nSPS) is 17.0. The Morgan fingerprint density at radius 2 is 2.04 bits per heavy atom. The Morgan fingerprint density at radius 1 is 1.30 bits per heavy atom. The van der Waals surface area contributed by atoms with Crippen LogP contribution >= 0.6 is 0 Å². The van der Waals surface area contributed by atoms with Crippen molar-refractivity contribution in [3.05, 3.63) is 47.0 Å². The number of piperazine rings is 1. The number of aryl methyl sites for hydroxylation is 2. The van der Waals surface area contributed by atoms with Gasteiger partial charge in [-0.3, -0.25) is 14.7 Å². The molecule has 1 atom stereocenters. The van der Waals surface area contributed by atoms with E-state index in [-0.39, 0.29) is 17.6 Å². The van der Waals surface area contributed by atoms with Crippen molar-refractivity contribution in [2.75, 3.05) is 25.0 Å². The molecular formula is C19H24FN5O2. The first-order chi connectivity index (χ1) is 13.0. The number of hydrogen-bond donors (Lipinski definition) is 3. The molecule has 27 heavy (non-hydrogen) atoms. The summed E-state index contributed by atoms with van der Waals surface area (Å²) in [5.41, 5.74) is 3.41. The summed E-state index contributed by atoms with van der Waals surface area (Å²) in [4.78, 5) is 27.0. The predicted molar refractivity (Wildman–Crippen MR) is 99.8 cm³/mol. The third kappa shape index (κ3) is 4.51. The molecule has 1 aromatic carbocycles. The van der Waals surface area contributed by atoms with Gasteiger partial charge in [0.1, 0.15) is 11.9 Å². The number of nitrogens with one attached hydrogen (secondary N) is 3. The molecule has 3 N–H and O–H groups in total. The largest absolute Gasteiger partial charge is 0.328 e. The summed E-state index contributed by atoms with van der Waals surface area (Å²) < 4.78 is 13.0. The smallest absolute Gasteiger partial charge is 0.248 e. The lowest BCUT2D eigenvalue weighted by atomic mass is 10.1. The van der Waals surface area contributed by atoms with E-state index in [1.54, 1.807) is 4.90 Å². The van der Waals surface area contributed by atoms with E-state index in [1.807, 2.05) is 13.8 Å². The van der Waals surface area contributed by atoms with Crippen LogP contribution in [0.2, 0.25) is 0 Å². The van der Waals surface area contributed by atoms with Crippen LogP contribution in [0.3, 0.4) is 0 Å². The number of hydrogen-bond acceptors (Lipinski definition) is 4. The number of nitrogens with zero attached hydrogens (tertiary/aromatic N) is 2. The zero-order chi connectivity index (χ0) is 19.4. The molecule has 0 unspecified atom stereocenters. The molecule has 2 amide bonds. The van der Waals surface area contributed by atoms with Gasteiger partial charge in [0.05, 0.1) is 5.69 Å². The molecule has 0 radical (unpaired) electrons. The number of carbonyl (C=O) groups is 2. The fraction of sp³-hybridized carbons (Fsp3) is 0.421. The van der Waals surface area contributed by atoms with Crippen LogP contribution in [0, 0.1) is 19.7 Å². The van der Waals surface area contributed by atoms with Gasteiger partial charge in [0.15, 0.2) is 0 Å². The number of carbonyl (C=O) groups excluding carboxylic acids is 2. The SMILES string of the molecule is Cc1n[nH]c(C)c1CCC(=O)N1CCNC[C@H]1C(=O)Nc1ccc(F)cc1. The first-order valence-corrected chi connectivity index (χ1v) is 9.02. The second kappa shape index (κ2) is 8.30. The highest BCUT2D eigenvalue weighted by Gasteiger charge is 2.32. The number of H-pyrrole nitrogens is 1. The Bertz CT molecular complexity index is 799. The zero-order valence-corrected chi connectivity index (χ0v) is 15.5. The average Bonchev–Trinajstić information content (AvgIpc) is 2.99. The molecule has 0 saturated carbocycles. The van der Waals surface area contributed by atoms with E-state index in [1.165, 1.54) is 24.3 Å². The first kappa shape index (κ1) is 19.0. The quantitative estimate of drug-likeness (QED) is 0.742. The van der Waals surface area contributed by atoms with E-state index in [9.17, 15) is 14.0 Å². The average molecular weight is 373 g/mol. The maximum absolute atomic E-state index is 13.0. The van der Waals surface area contributed by atoms with Gasteiger partial charge in [-0.05, 0) is 50.1 Å². The van der Waals surface area contributed by atoms with Crippen LogP contribution in [0.25, 0.3) is 0 Å². The van der Waals surface area contributed by atoms with Crippen LogP contribution in [0.15, 0.2) is 24.3 Å². The van der Waals surface area contributed by atoms with E-state index in [2.05, 4.69) is 20.8 Å². The van der Waals surface area contributed by atoms with E-state index in [0.29, 0.717) is 38.2 Å². The topological polar surface area (TPSA) is 90.1 Å². The summed E-state index contributed by atoms with van der Waals surface area (Å²) >= 11 is 0. The lowest BCUT2D eigenvalue weighted by Crippen LogP contribution is -2.58. The molecule has 3 rings (SSSR count). The van der Waals surface area contributed by atoms with Gasteiger partial charge in [-0.1, -0.05) is 0 Å². The lowest BCUT2D eigenvalue weighted by Gasteiger charge is -2.35. The highest BCUT2D eigenvalue weighted by Crippen LogP contribution is 2.16. The van der Waals surface area contributed by atoms with Crippen molar-refractivity contribution >= 4 is 17.5 Å². The number of aromatic amines is 1. The van der Waals surface area contributed by atoms with Crippen molar-refractivity contribution in [2.24, 2.45) is 0 Å². The number of aromatic nitrogens is 2. The number of anilines is 1. The van der Waals surface area contributed by atoms with Crippen LogP contribution in [0.1, 0.15) is 23.4 Å². The third-order valence-corrected chi connectivity index (χ3v) is 4.85. The lowest BCUT2D eigenvalue weighted by molar-refractivity contribution is -0.139. The molecular weight excluding hydrogens is 349 g/mol. The van der Waals surface area contributed by atoms with Gasteiger partial charge in [0.25, 0.3) is 0 Å². The Hall–Kier alpha value is -2.74. The maximum atomic E-state index is 13.0. The van der Waals surface area contributed by atoms with Gasteiger partial charge in [-0.2, -0.15) is 5.10 Å². The first-order valence-electron chi connectivity index (χ1n) is 9.02. The van der Waals surface area contributed by atoms with Crippen molar-refractivity contribution in [3.63, 3.8) is 0 Å². The molecule has 144 valence electrons. The summed E-state index contributed by atoms with van der Waals surface area (Å²) in [6.07, 6.45) is 0.908. The van der Waals surface area contributed by atoms with E-state index in [0.717, 1.165) is 17.0 Å². The van der Waals surface area contributed by atoms with Crippen molar-refractivity contribution in [3.8, 4) is 0 Å². The van der Waals surface area contributed by atoms with Gasteiger partial charge in [-0.15, -0.1) is 0 Å².